The van der Waals surface area contributed by atoms with E-state index in [4.69, 9.17) is 0 Å². The molecular formula is C21H26N4O. The third-order valence-electron chi connectivity index (χ3n) is 4.72. The van der Waals surface area contributed by atoms with E-state index in [0.717, 1.165) is 24.3 Å². The molecule has 1 amide bonds. The molecule has 136 valence electrons. The van der Waals surface area contributed by atoms with Gasteiger partial charge in [-0.25, -0.2) is 0 Å². The summed E-state index contributed by atoms with van der Waals surface area (Å²) in [7, 11) is 0. The van der Waals surface area contributed by atoms with Crippen molar-refractivity contribution < 1.29 is 4.79 Å². The molecule has 2 aromatic rings. The number of aromatic nitrogens is 1. The number of nitrogens with zero attached hydrogens (tertiary/aromatic N) is 2. The van der Waals surface area contributed by atoms with E-state index in [1.165, 1.54) is 12.8 Å². The van der Waals surface area contributed by atoms with Gasteiger partial charge in [0.1, 0.15) is 0 Å². The van der Waals surface area contributed by atoms with Gasteiger partial charge in [0.2, 0.25) is 0 Å². The van der Waals surface area contributed by atoms with Gasteiger partial charge in [-0.05, 0) is 49.7 Å². The first-order chi connectivity index (χ1) is 12.8. The number of carbonyl (C=O) groups is 1. The van der Waals surface area contributed by atoms with Crippen LogP contribution in [0.3, 0.4) is 0 Å². The molecule has 26 heavy (non-hydrogen) atoms. The summed E-state index contributed by atoms with van der Waals surface area (Å²) in [4.78, 5) is 19.4. The number of carbonyl (C=O) groups excluding carboxylic acids is 1. The number of hydrogen-bond acceptors (Lipinski definition) is 4. The third-order valence-corrected chi connectivity index (χ3v) is 4.72. The predicted molar refractivity (Wildman–Crippen MR) is 105 cm³/mol. The highest BCUT2D eigenvalue weighted by Crippen LogP contribution is 2.24. The topological polar surface area (TPSA) is 57.3 Å². The van der Waals surface area contributed by atoms with Gasteiger partial charge in [0.05, 0.1) is 11.6 Å². The number of amides is 1. The van der Waals surface area contributed by atoms with Crippen LogP contribution < -0.4 is 10.6 Å². The average molecular weight is 350 g/mol. The molecule has 1 aliphatic rings. The van der Waals surface area contributed by atoms with Crippen molar-refractivity contribution in [3.05, 3.63) is 72.6 Å². The van der Waals surface area contributed by atoms with Crippen molar-refractivity contribution in [3.8, 4) is 0 Å². The maximum atomic E-state index is 12.8. The molecule has 3 rings (SSSR count). The molecule has 2 N–H and O–H groups in total. The molecule has 1 aromatic heterocycles. The van der Waals surface area contributed by atoms with Gasteiger partial charge in [0.15, 0.2) is 0 Å². The van der Waals surface area contributed by atoms with Gasteiger partial charge < -0.3 is 10.6 Å². The Labute approximate surface area is 155 Å². The van der Waals surface area contributed by atoms with Gasteiger partial charge in [0, 0.05) is 31.2 Å². The summed E-state index contributed by atoms with van der Waals surface area (Å²) in [6, 6.07) is 11.8. The Morgan fingerprint density at radius 1 is 1.23 bits per heavy atom. The van der Waals surface area contributed by atoms with Crippen LogP contribution >= 0.6 is 0 Å². The van der Waals surface area contributed by atoms with Gasteiger partial charge in [-0.15, -0.1) is 6.58 Å². The number of pyridine rings is 1. The lowest BCUT2D eigenvalue weighted by atomic mass is 10.1. The van der Waals surface area contributed by atoms with E-state index in [9.17, 15) is 4.79 Å². The van der Waals surface area contributed by atoms with E-state index in [0.29, 0.717) is 18.7 Å². The summed E-state index contributed by atoms with van der Waals surface area (Å²) in [6.45, 7) is 7.03. The first-order valence-corrected chi connectivity index (χ1v) is 9.15. The number of likely N-dealkylation sites (tertiary alicyclic amines) is 1. The molecule has 0 bridgehead atoms. The number of anilines is 1. The minimum absolute atomic E-state index is 0.0646. The second-order valence-corrected chi connectivity index (χ2v) is 6.47. The van der Waals surface area contributed by atoms with Gasteiger partial charge >= 0.3 is 0 Å². The molecular weight excluding hydrogens is 324 g/mol. The number of hydrogen-bond donors (Lipinski definition) is 2. The van der Waals surface area contributed by atoms with Crippen LogP contribution in [0.25, 0.3) is 0 Å². The van der Waals surface area contributed by atoms with Gasteiger partial charge in [0.25, 0.3) is 5.91 Å². The minimum atomic E-state index is -0.0646. The lowest BCUT2D eigenvalue weighted by Gasteiger charge is -2.28. The van der Waals surface area contributed by atoms with E-state index in [1.807, 2.05) is 36.5 Å². The average Bonchev–Trinajstić information content (AvgIpc) is 3.22. The molecule has 0 saturated carbocycles. The molecule has 1 aliphatic heterocycles. The Hall–Kier alpha value is -2.66. The lowest BCUT2D eigenvalue weighted by Crippen LogP contribution is -2.37. The summed E-state index contributed by atoms with van der Waals surface area (Å²) in [5.74, 6) is -0.0646. The highest BCUT2D eigenvalue weighted by Gasteiger charge is 2.24. The predicted octanol–water partition coefficient (Wildman–Crippen LogP) is 3.25. The number of benzene rings is 1. The molecule has 1 atom stereocenters. The van der Waals surface area contributed by atoms with Gasteiger partial charge in [-0.3, -0.25) is 14.7 Å². The zero-order valence-electron chi connectivity index (χ0n) is 15.0. The normalized spacial score (nSPS) is 15.4. The molecule has 1 fully saturated rings. The summed E-state index contributed by atoms with van der Waals surface area (Å²) in [5, 5.41) is 6.34. The van der Waals surface area contributed by atoms with Crippen molar-refractivity contribution in [2.24, 2.45) is 0 Å². The summed E-state index contributed by atoms with van der Waals surface area (Å²) < 4.78 is 0. The van der Waals surface area contributed by atoms with Crippen LogP contribution in [0.4, 0.5) is 5.69 Å². The molecule has 1 saturated heterocycles. The third kappa shape index (κ3) is 4.49. The van der Waals surface area contributed by atoms with Crippen LogP contribution in [0, 0.1) is 0 Å². The monoisotopic (exact) mass is 350 g/mol. The molecule has 2 heterocycles. The number of nitrogens with one attached hydrogen (secondary N) is 2. The van der Waals surface area contributed by atoms with Crippen LogP contribution in [0.5, 0.6) is 0 Å². The Balaban J connectivity index is 1.71. The molecule has 1 aromatic carbocycles. The summed E-state index contributed by atoms with van der Waals surface area (Å²) in [5.41, 5.74) is 2.62. The molecule has 0 unspecified atom stereocenters. The summed E-state index contributed by atoms with van der Waals surface area (Å²) in [6.07, 6.45) is 7.87. The Kier molecular flexibility index (Phi) is 6.39. The highest BCUT2D eigenvalue weighted by atomic mass is 16.1. The van der Waals surface area contributed by atoms with E-state index in [1.54, 1.807) is 12.3 Å². The van der Waals surface area contributed by atoms with Crippen molar-refractivity contribution in [1.82, 2.24) is 15.2 Å². The van der Waals surface area contributed by atoms with Crippen LogP contribution in [0.15, 0.2) is 61.4 Å². The minimum Gasteiger partial charge on any atom is -0.381 e. The van der Waals surface area contributed by atoms with Crippen molar-refractivity contribution >= 4 is 11.6 Å². The van der Waals surface area contributed by atoms with Crippen molar-refractivity contribution in [3.63, 3.8) is 0 Å². The zero-order chi connectivity index (χ0) is 18.2. The van der Waals surface area contributed by atoms with Gasteiger partial charge in [-0.2, -0.15) is 0 Å². The van der Waals surface area contributed by atoms with E-state index in [2.05, 4.69) is 33.2 Å². The summed E-state index contributed by atoms with van der Waals surface area (Å²) >= 11 is 0. The number of para-hydroxylation sites is 1. The maximum Gasteiger partial charge on any atom is 0.253 e. The maximum absolute atomic E-state index is 12.8. The SMILES string of the molecule is C=CCNc1ccccc1C(=O)NC[C@H](c1cccnc1)N1CCCC1. The molecule has 0 radical (unpaired) electrons. The number of rotatable bonds is 8. The Morgan fingerprint density at radius 3 is 2.77 bits per heavy atom. The highest BCUT2D eigenvalue weighted by molar-refractivity contribution is 5.99. The quantitative estimate of drug-likeness (QED) is 0.718. The molecule has 0 aliphatic carbocycles. The first-order valence-electron chi connectivity index (χ1n) is 9.15. The van der Waals surface area contributed by atoms with E-state index in [-0.39, 0.29) is 11.9 Å². The zero-order valence-corrected chi connectivity index (χ0v) is 15.0. The molecule has 5 nitrogen and oxygen atoms in total. The Morgan fingerprint density at radius 2 is 2.04 bits per heavy atom. The van der Waals surface area contributed by atoms with Crippen LogP contribution in [-0.4, -0.2) is 42.0 Å². The lowest BCUT2D eigenvalue weighted by molar-refractivity contribution is 0.0938. The molecule has 5 heteroatoms. The fourth-order valence-corrected chi connectivity index (χ4v) is 3.39. The van der Waals surface area contributed by atoms with Crippen molar-refractivity contribution in [2.75, 3.05) is 31.5 Å². The second-order valence-electron chi connectivity index (χ2n) is 6.47. The van der Waals surface area contributed by atoms with Crippen LogP contribution in [-0.2, 0) is 0 Å². The van der Waals surface area contributed by atoms with Crippen LogP contribution in [0.1, 0.15) is 34.8 Å². The van der Waals surface area contributed by atoms with Crippen molar-refractivity contribution in [1.29, 1.82) is 0 Å². The Bertz CT molecular complexity index is 726. The molecule has 0 spiro atoms. The van der Waals surface area contributed by atoms with Crippen LogP contribution in [0.2, 0.25) is 0 Å². The first kappa shape index (κ1) is 18.1. The standard InChI is InChI=1S/C21H26N4O/c1-2-11-23-19-10-4-3-9-18(19)21(26)24-16-20(25-13-5-6-14-25)17-8-7-12-22-15-17/h2-4,7-10,12,15,20,23H,1,5-6,11,13-14,16H2,(H,24,26)/t20-/m1/s1. The van der Waals surface area contributed by atoms with E-state index >= 15 is 0 Å². The van der Waals surface area contributed by atoms with E-state index < -0.39 is 0 Å². The largest absolute Gasteiger partial charge is 0.381 e. The fraction of sp³-hybridized carbons (Fsp3) is 0.333. The fourth-order valence-electron chi connectivity index (χ4n) is 3.39. The van der Waals surface area contributed by atoms with Gasteiger partial charge in [-0.1, -0.05) is 24.3 Å². The smallest absolute Gasteiger partial charge is 0.253 e. The van der Waals surface area contributed by atoms with Crippen molar-refractivity contribution in [2.45, 2.75) is 18.9 Å². The second kappa shape index (κ2) is 9.15.